The number of benzene rings is 3. The second kappa shape index (κ2) is 5.84. The molecule has 5 rings (SSSR count). The number of aromatic nitrogens is 1. The topological polar surface area (TPSA) is 105 Å². The molecule has 1 heterocycles. The number of fused-ring (bicyclic) bond motifs is 1. The Labute approximate surface area is 161 Å². The number of aryl methyl sites for hydroxylation is 2. The van der Waals surface area contributed by atoms with Crippen LogP contribution in [0.3, 0.4) is 0 Å². The maximum absolute atomic E-state index is 13.1. The van der Waals surface area contributed by atoms with Gasteiger partial charge in [0, 0.05) is 22.0 Å². The van der Waals surface area contributed by atoms with Crippen molar-refractivity contribution < 1.29 is 13.2 Å². The Bertz CT molecular complexity index is 1380. The van der Waals surface area contributed by atoms with E-state index in [0.717, 1.165) is 23.6 Å². The summed E-state index contributed by atoms with van der Waals surface area (Å²) in [5, 5.41) is 2.51. The highest BCUT2D eigenvalue weighted by molar-refractivity contribution is 7.93. The molecule has 6 nitrogen and oxygen atoms in total. The van der Waals surface area contributed by atoms with Crippen LogP contribution in [-0.2, 0) is 22.9 Å². The number of nitrogens with one attached hydrogen (secondary N) is 2. The molecule has 0 saturated heterocycles. The van der Waals surface area contributed by atoms with Crippen LogP contribution in [-0.4, -0.2) is 19.3 Å². The molecule has 1 aliphatic carbocycles. The third-order valence-electron chi connectivity index (χ3n) is 5.26. The van der Waals surface area contributed by atoms with Crippen LogP contribution in [0.4, 0.5) is 5.69 Å². The van der Waals surface area contributed by atoms with Crippen molar-refractivity contribution in [1.82, 2.24) is 4.98 Å². The minimum absolute atomic E-state index is 0.266. The maximum atomic E-state index is 13.1. The van der Waals surface area contributed by atoms with Gasteiger partial charge in [-0.05, 0) is 59.7 Å². The Morgan fingerprint density at radius 2 is 1.79 bits per heavy atom. The van der Waals surface area contributed by atoms with Crippen LogP contribution >= 0.6 is 0 Å². The van der Waals surface area contributed by atoms with Crippen LogP contribution in [0.2, 0.25) is 0 Å². The Hall–Kier alpha value is -3.32. The van der Waals surface area contributed by atoms with Crippen molar-refractivity contribution in [3.8, 4) is 0 Å². The van der Waals surface area contributed by atoms with Crippen LogP contribution < -0.4 is 10.5 Å². The summed E-state index contributed by atoms with van der Waals surface area (Å²) in [5.74, 6) is -0.564. The minimum atomic E-state index is -3.78. The van der Waals surface area contributed by atoms with Crippen LogP contribution in [0.1, 0.15) is 21.6 Å². The summed E-state index contributed by atoms with van der Waals surface area (Å²) in [4.78, 5) is 14.5. The van der Waals surface area contributed by atoms with Gasteiger partial charge in [0.15, 0.2) is 0 Å². The number of rotatable bonds is 4. The van der Waals surface area contributed by atoms with Gasteiger partial charge in [-0.3, -0.25) is 9.52 Å². The zero-order valence-corrected chi connectivity index (χ0v) is 15.6. The molecule has 0 fully saturated rings. The molecule has 4 aromatic rings. The number of H-pyrrole nitrogens is 1. The Kier molecular flexibility index (Phi) is 3.51. The Balaban J connectivity index is 1.58. The van der Waals surface area contributed by atoms with Gasteiger partial charge in [0.2, 0.25) is 0 Å². The first-order chi connectivity index (χ1) is 13.4. The van der Waals surface area contributed by atoms with E-state index in [0.29, 0.717) is 16.6 Å². The van der Waals surface area contributed by atoms with E-state index in [1.54, 1.807) is 30.3 Å². The molecule has 1 amide bonds. The fourth-order valence-electron chi connectivity index (χ4n) is 3.99. The average molecular weight is 391 g/mol. The third kappa shape index (κ3) is 2.55. The highest BCUT2D eigenvalue weighted by Gasteiger charge is 2.22. The fraction of sp³-hybridized carbons (Fsp3) is 0.0952. The molecular formula is C21H17N3O3S. The minimum Gasteiger partial charge on any atom is -0.364 e. The number of anilines is 1. The normalized spacial score (nSPS) is 13.3. The summed E-state index contributed by atoms with van der Waals surface area (Å²) >= 11 is 0. The lowest BCUT2D eigenvalue weighted by atomic mass is 10.1. The van der Waals surface area contributed by atoms with E-state index in [9.17, 15) is 13.2 Å². The molecule has 0 unspecified atom stereocenters. The number of nitrogens with two attached hydrogens (primary N) is 1. The molecule has 0 saturated carbocycles. The molecule has 0 spiro atoms. The molecule has 140 valence electrons. The molecule has 7 heteroatoms. The fourth-order valence-corrected chi connectivity index (χ4v) is 5.25. The lowest BCUT2D eigenvalue weighted by Crippen LogP contribution is -2.13. The van der Waals surface area contributed by atoms with E-state index in [2.05, 4.69) is 15.8 Å². The molecule has 0 atom stereocenters. The molecule has 0 aliphatic heterocycles. The summed E-state index contributed by atoms with van der Waals surface area (Å²) in [5.41, 5.74) is 9.09. The predicted octanol–water partition coefficient (Wildman–Crippen LogP) is 3.32. The summed E-state index contributed by atoms with van der Waals surface area (Å²) in [6.07, 6.45) is 1.88. The molecule has 0 radical (unpaired) electrons. The number of primary amides is 1. The number of carbonyl (C=O) groups excluding carboxylic acids is 1. The van der Waals surface area contributed by atoms with Crippen molar-refractivity contribution in [2.45, 2.75) is 17.7 Å². The Morgan fingerprint density at radius 1 is 1.00 bits per heavy atom. The van der Waals surface area contributed by atoms with Gasteiger partial charge < -0.3 is 10.7 Å². The first-order valence-corrected chi connectivity index (χ1v) is 10.4. The number of hydrogen-bond acceptors (Lipinski definition) is 3. The van der Waals surface area contributed by atoms with E-state index >= 15 is 0 Å². The first-order valence-electron chi connectivity index (χ1n) is 8.91. The monoisotopic (exact) mass is 391 g/mol. The number of amides is 1. The van der Waals surface area contributed by atoms with Crippen molar-refractivity contribution in [2.75, 3.05) is 4.72 Å². The van der Waals surface area contributed by atoms with Crippen molar-refractivity contribution in [3.05, 3.63) is 71.4 Å². The van der Waals surface area contributed by atoms with E-state index in [4.69, 9.17) is 5.73 Å². The van der Waals surface area contributed by atoms with Crippen LogP contribution in [0.5, 0.6) is 0 Å². The van der Waals surface area contributed by atoms with Gasteiger partial charge in [-0.15, -0.1) is 0 Å². The van der Waals surface area contributed by atoms with Gasteiger partial charge in [0.05, 0.1) is 4.90 Å². The smallest absolute Gasteiger partial charge is 0.265 e. The predicted molar refractivity (Wildman–Crippen MR) is 109 cm³/mol. The molecule has 1 aromatic heterocycles. The van der Waals surface area contributed by atoms with Crippen molar-refractivity contribution >= 4 is 43.3 Å². The number of carbonyl (C=O) groups is 1. The summed E-state index contributed by atoms with van der Waals surface area (Å²) < 4.78 is 28.9. The van der Waals surface area contributed by atoms with Crippen molar-refractivity contribution in [2.24, 2.45) is 5.73 Å². The zero-order chi connectivity index (χ0) is 19.5. The van der Waals surface area contributed by atoms with Crippen LogP contribution in [0.15, 0.2) is 59.5 Å². The number of hydrogen-bond donors (Lipinski definition) is 3. The second-order valence-electron chi connectivity index (χ2n) is 7.02. The van der Waals surface area contributed by atoms with Crippen molar-refractivity contribution in [1.29, 1.82) is 0 Å². The Morgan fingerprint density at radius 3 is 2.57 bits per heavy atom. The lowest BCUT2D eigenvalue weighted by Gasteiger charge is -2.12. The van der Waals surface area contributed by atoms with Gasteiger partial charge in [0.1, 0.15) is 5.69 Å². The van der Waals surface area contributed by atoms with Crippen LogP contribution in [0, 0.1) is 0 Å². The van der Waals surface area contributed by atoms with Crippen molar-refractivity contribution in [3.63, 3.8) is 0 Å². The van der Waals surface area contributed by atoms with Gasteiger partial charge in [0.25, 0.3) is 15.9 Å². The van der Waals surface area contributed by atoms with E-state index in [1.165, 1.54) is 11.1 Å². The molecule has 3 aromatic carbocycles. The van der Waals surface area contributed by atoms with Gasteiger partial charge >= 0.3 is 0 Å². The summed E-state index contributed by atoms with van der Waals surface area (Å²) in [7, 11) is -3.78. The highest BCUT2D eigenvalue weighted by Crippen LogP contribution is 2.35. The number of aromatic amines is 1. The highest BCUT2D eigenvalue weighted by atomic mass is 32.2. The first kappa shape index (κ1) is 16.8. The second-order valence-corrected chi connectivity index (χ2v) is 8.67. The van der Waals surface area contributed by atoms with E-state index in [-0.39, 0.29) is 10.6 Å². The average Bonchev–Trinajstić information content (AvgIpc) is 3.27. The van der Waals surface area contributed by atoms with Crippen LogP contribution in [0.25, 0.3) is 21.7 Å². The molecule has 4 N–H and O–H groups in total. The lowest BCUT2D eigenvalue weighted by molar-refractivity contribution is 0.0996. The summed E-state index contributed by atoms with van der Waals surface area (Å²) in [6.45, 7) is 0. The zero-order valence-electron chi connectivity index (χ0n) is 14.8. The van der Waals surface area contributed by atoms with E-state index in [1.807, 2.05) is 18.2 Å². The molecular weight excluding hydrogens is 374 g/mol. The third-order valence-corrected chi connectivity index (χ3v) is 6.70. The molecule has 0 bridgehead atoms. The SMILES string of the molecule is NC(=O)c1cc2cc(NS(=O)(=O)c3ccc4c5c(cccc35)CC4)ccc2[nH]1. The summed E-state index contributed by atoms with van der Waals surface area (Å²) in [6, 6.07) is 16.0. The standard InChI is InChI=1S/C21H17N3O3S/c22-21(25)18-11-14-10-15(7-8-17(14)23-18)24-28(26,27)19-9-6-13-5-4-12-2-1-3-16(19)20(12)13/h1-3,6-11,23-24H,4-5H2,(H2,22,25). The molecule has 28 heavy (non-hydrogen) atoms. The van der Waals surface area contributed by atoms with Gasteiger partial charge in [-0.2, -0.15) is 0 Å². The number of sulfonamides is 1. The van der Waals surface area contributed by atoms with Gasteiger partial charge in [-0.1, -0.05) is 24.3 Å². The molecule has 1 aliphatic rings. The quantitative estimate of drug-likeness (QED) is 0.497. The maximum Gasteiger partial charge on any atom is 0.265 e. The van der Waals surface area contributed by atoms with E-state index < -0.39 is 15.9 Å². The van der Waals surface area contributed by atoms with Gasteiger partial charge in [-0.25, -0.2) is 8.42 Å². The largest absolute Gasteiger partial charge is 0.364 e.